The number of halogens is 1. The Kier molecular flexibility index (Phi) is 4.80. The summed E-state index contributed by atoms with van der Waals surface area (Å²) in [6.07, 6.45) is 8.98. The number of carbonyl (C=O) groups is 1. The lowest BCUT2D eigenvalue weighted by atomic mass is 10.1. The van der Waals surface area contributed by atoms with Crippen molar-refractivity contribution in [2.75, 3.05) is 13.2 Å². The molecule has 6 heteroatoms. The molecule has 0 radical (unpaired) electrons. The molecule has 0 bridgehead atoms. The first-order valence-corrected chi connectivity index (χ1v) is 9.05. The molecule has 1 aromatic carbocycles. The van der Waals surface area contributed by atoms with Crippen molar-refractivity contribution in [2.24, 2.45) is 0 Å². The number of carbonyl (C=O) groups excluding carboxylic acids is 1. The van der Waals surface area contributed by atoms with Crippen molar-refractivity contribution >= 4 is 23.6 Å². The fraction of sp³-hybridized carbons (Fsp3) is 0.300. The standard InChI is InChI=1S/C20H19ClN2O3/c21-17-11-15(12-18-20(17)26-10-9-25-18)1-4-19(24)23(16-2-3-16)13-14-5-7-22-8-6-14/h1,4-8,11-12,16H,2-3,9-10,13H2/b4-1+. The quantitative estimate of drug-likeness (QED) is 0.753. The maximum Gasteiger partial charge on any atom is 0.247 e. The van der Waals surface area contributed by atoms with E-state index in [-0.39, 0.29) is 5.91 Å². The van der Waals surface area contributed by atoms with Crippen LogP contribution in [0.15, 0.2) is 42.7 Å². The molecule has 1 fully saturated rings. The fourth-order valence-electron chi connectivity index (χ4n) is 2.95. The molecular weight excluding hydrogens is 352 g/mol. The smallest absolute Gasteiger partial charge is 0.247 e. The van der Waals surface area contributed by atoms with Crippen LogP contribution >= 0.6 is 11.6 Å². The normalized spacial score (nSPS) is 15.9. The van der Waals surface area contributed by atoms with E-state index in [1.54, 1.807) is 30.6 Å². The van der Waals surface area contributed by atoms with Gasteiger partial charge in [-0.3, -0.25) is 9.78 Å². The molecule has 0 saturated heterocycles. The molecule has 26 heavy (non-hydrogen) atoms. The van der Waals surface area contributed by atoms with E-state index >= 15 is 0 Å². The summed E-state index contributed by atoms with van der Waals surface area (Å²) in [6, 6.07) is 7.82. The highest BCUT2D eigenvalue weighted by molar-refractivity contribution is 6.32. The minimum Gasteiger partial charge on any atom is -0.486 e. The Morgan fingerprint density at radius 1 is 1.23 bits per heavy atom. The number of fused-ring (bicyclic) bond motifs is 1. The molecule has 1 aromatic heterocycles. The molecule has 1 amide bonds. The second-order valence-corrected chi connectivity index (χ2v) is 6.82. The average molecular weight is 371 g/mol. The Bertz CT molecular complexity index is 834. The summed E-state index contributed by atoms with van der Waals surface area (Å²) < 4.78 is 11.1. The molecule has 0 unspecified atom stereocenters. The Balaban J connectivity index is 1.50. The number of nitrogens with zero attached hydrogens (tertiary/aromatic N) is 2. The van der Waals surface area contributed by atoms with Crippen LogP contribution in [0.3, 0.4) is 0 Å². The number of pyridine rings is 1. The molecule has 1 aliphatic heterocycles. The van der Waals surface area contributed by atoms with Gasteiger partial charge in [0.15, 0.2) is 11.5 Å². The fourth-order valence-corrected chi connectivity index (χ4v) is 3.22. The number of aromatic nitrogens is 1. The molecule has 2 heterocycles. The van der Waals surface area contributed by atoms with Gasteiger partial charge in [-0.1, -0.05) is 11.6 Å². The van der Waals surface area contributed by atoms with E-state index in [9.17, 15) is 4.79 Å². The second-order valence-electron chi connectivity index (χ2n) is 6.41. The van der Waals surface area contributed by atoms with Crippen LogP contribution in [0, 0.1) is 0 Å². The number of benzene rings is 1. The molecule has 0 spiro atoms. The van der Waals surface area contributed by atoms with Gasteiger partial charge in [-0.05, 0) is 54.3 Å². The van der Waals surface area contributed by atoms with E-state index in [1.165, 1.54) is 0 Å². The summed E-state index contributed by atoms with van der Waals surface area (Å²) in [5.41, 5.74) is 1.89. The third-order valence-electron chi connectivity index (χ3n) is 4.41. The third-order valence-corrected chi connectivity index (χ3v) is 4.69. The lowest BCUT2D eigenvalue weighted by Crippen LogP contribution is -2.31. The van der Waals surface area contributed by atoms with Crippen LogP contribution in [-0.2, 0) is 11.3 Å². The van der Waals surface area contributed by atoms with Gasteiger partial charge in [0, 0.05) is 31.1 Å². The molecule has 5 nitrogen and oxygen atoms in total. The molecule has 2 aliphatic rings. The number of ether oxygens (including phenoxy) is 2. The van der Waals surface area contributed by atoms with Crippen LogP contribution in [0.5, 0.6) is 11.5 Å². The van der Waals surface area contributed by atoms with Crippen LogP contribution in [0.25, 0.3) is 6.08 Å². The van der Waals surface area contributed by atoms with Gasteiger partial charge in [0.1, 0.15) is 13.2 Å². The van der Waals surface area contributed by atoms with Gasteiger partial charge in [-0.15, -0.1) is 0 Å². The monoisotopic (exact) mass is 370 g/mol. The molecule has 1 aliphatic carbocycles. The first-order valence-electron chi connectivity index (χ1n) is 8.67. The molecule has 2 aromatic rings. The average Bonchev–Trinajstić information content (AvgIpc) is 3.50. The van der Waals surface area contributed by atoms with Crippen molar-refractivity contribution in [2.45, 2.75) is 25.4 Å². The minimum atomic E-state index is -0.00433. The number of hydrogen-bond acceptors (Lipinski definition) is 4. The molecule has 134 valence electrons. The lowest BCUT2D eigenvalue weighted by Gasteiger charge is -2.21. The van der Waals surface area contributed by atoms with Gasteiger partial charge in [-0.25, -0.2) is 0 Å². The van der Waals surface area contributed by atoms with E-state index in [2.05, 4.69) is 4.98 Å². The SMILES string of the molecule is O=C(/C=C/c1cc(Cl)c2c(c1)OCCO2)N(Cc1ccncc1)C1CC1. The van der Waals surface area contributed by atoms with Crippen molar-refractivity contribution < 1.29 is 14.3 Å². The van der Waals surface area contributed by atoms with Crippen LogP contribution in [0.2, 0.25) is 5.02 Å². The first-order chi connectivity index (χ1) is 12.7. The number of rotatable bonds is 5. The van der Waals surface area contributed by atoms with Crippen molar-refractivity contribution in [3.05, 3.63) is 58.9 Å². The van der Waals surface area contributed by atoms with E-state index in [0.29, 0.717) is 42.3 Å². The highest BCUT2D eigenvalue weighted by Gasteiger charge is 2.31. The van der Waals surface area contributed by atoms with E-state index in [0.717, 1.165) is 24.0 Å². The van der Waals surface area contributed by atoms with Gasteiger partial charge >= 0.3 is 0 Å². The highest BCUT2D eigenvalue weighted by Crippen LogP contribution is 2.38. The predicted octanol–water partition coefficient (Wildman–Crippen LogP) is 3.71. The van der Waals surface area contributed by atoms with Crippen molar-refractivity contribution in [3.63, 3.8) is 0 Å². The summed E-state index contributed by atoms with van der Waals surface area (Å²) in [5, 5.41) is 0.491. The lowest BCUT2D eigenvalue weighted by molar-refractivity contribution is -0.127. The Morgan fingerprint density at radius 2 is 2.00 bits per heavy atom. The van der Waals surface area contributed by atoms with Gasteiger partial charge in [0.25, 0.3) is 0 Å². The first kappa shape index (κ1) is 16.9. The second kappa shape index (κ2) is 7.38. The zero-order valence-electron chi connectivity index (χ0n) is 14.2. The van der Waals surface area contributed by atoms with E-state index in [4.69, 9.17) is 21.1 Å². The number of hydrogen-bond donors (Lipinski definition) is 0. The number of amides is 1. The van der Waals surface area contributed by atoms with E-state index in [1.807, 2.05) is 23.1 Å². The topological polar surface area (TPSA) is 51.7 Å². The van der Waals surface area contributed by atoms with Gasteiger partial charge in [0.2, 0.25) is 5.91 Å². The van der Waals surface area contributed by atoms with Crippen LogP contribution < -0.4 is 9.47 Å². The van der Waals surface area contributed by atoms with Crippen molar-refractivity contribution in [3.8, 4) is 11.5 Å². The van der Waals surface area contributed by atoms with Gasteiger partial charge in [0.05, 0.1) is 5.02 Å². The van der Waals surface area contributed by atoms with Gasteiger partial charge < -0.3 is 14.4 Å². The van der Waals surface area contributed by atoms with Crippen molar-refractivity contribution in [1.82, 2.24) is 9.88 Å². The summed E-state index contributed by atoms with van der Waals surface area (Å²) in [5.74, 6) is 1.18. The largest absolute Gasteiger partial charge is 0.486 e. The van der Waals surface area contributed by atoms with Crippen LogP contribution in [-0.4, -0.2) is 35.0 Å². The summed E-state index contributed by atoms with van der Waals surface area (Å²) in [7, 11) is 0. The maximum absolute atomic E-state index is 12.7. The Hall–Kier alpha value is -2.53. The van der Waals surface area contributed by atoms with Gasteiger partial charge in [-0.2, -0.15) is 0 Å². The molecular formula is C20H19ClN2O3. The molecule has 1 saturated carbocycles. The molecule has 0 atom stereocenters. The Labute approximate surface area is 157 Å². The Morgan fingerprint density at radius 3 is 2.77 bits per heavy atom. The van der Waals surface area contributed by atoms with E-state index < -0.39 is 0 Å². The highest BCUT2D eigenvalue weighted by atomic mass is 35.5. The van der Waals surface area contributed by atoms with Crippen LogP contribution in [0.4, 0.5) is 0 Å². The predicted molar refractivity (Wildman–Crippen MR) is 99.3 cm³/mol. The zero-order valence-corrected chi connectivity index (χ0v) is 15.0. The summed E-state index contributed by atoms with van der Waals surface area (Å²) >= 11 is 6.25. The summed E-state index contributed by atoms with van der Waals surface area (Å²) in [4.78, 5) is 18.6. The maximum atomic E-state index is 12.7. The summed E-state index contributed by atoms with van der Waals surface area (Å²) in [6.45, 7) is 1.58. The third kappa shape index (κ3) is 3.83. The molecule has 0 N–H and O–H groups in total. The minimum absolute atomic E-state index is 0.00433. The van der Waals surface area contributed by atoms with Crippen LogP contribution in [0.1, 0.15) is 24.0 Å². The zero-order chi connectivity index (χ0) is 17.9. The van der Waals surface area contributed by atoms with Crippen molar-refractivity contribution in [1.29, 1.82) is 0 Å². The molecule has 4 rings (SSSR count).